The lowest BCUT2D eigenvalue weighted by atomic mass is 10.1. The first-order chi connectivity index (χ1) is 12.6. The van der Waals surface area contributed by atoms with Crippen molar-refractivity contribution in [2.45, 2.75) is 6.92 Å². The molecule has 26 heavy (non-hydrogen) atoms. The first-order valence-electron chi connectivity index (χ1n) is 8.22. The van der Waals surface area contributed by atoms with E-state index in [4.69, 9.17) is 16.6 Å². The minimum atomic E-state index is -0.364. The molecule has 0 fully saturated rings. The van der Waals surface area contributed by atoms with Crippen molar-refractivity contribution in [2.75, 3.05) is 5.32 Å². The number of hydrogen-bond donors (Lipinski definition) is 2. The van der Waals surface area contributed by atoms with Crippen LogP contribution in [0.4, 0.5) is 5.69 Å². The van der Waals surface area contributed by atoms with Gasteiger partial charge in [0.15, 0.2) is 10.9 Å². The number of rotatable bonds is 2. The van der Waals surface area contributed by atoms with Crippen molar-refractivity contribution >= 4 is 50.7 Å². The van der Waals surface area contributed by atoms with Crippen LogP contribution in [0.1, 0.15) is 16.1 Å². The molecular formula is C21H16N2O2S. The lowest BCUT2D eigenvalue weighted by Gasteiger charge is -2.11. The van der Waals surface area contributed by atoms with Gasteiger partial charge in [0.1, 0.15) is 5.58 Å². The van der Waals surface area contributed by atoms with Gasteiger partial charge in [-0.15, -0.1) is 0 Å². The van der Waals surface area contributed by atoms with Crippen LogP contribution in [-0.4, -0.2) is 11.0 Å². The first-order valence-corrected chi connectivity index (χ1v) is 8.62. The van der Waals surface area contributed by atoms with Crippen molar-refractivity contribution in [3.05, 3.63) is 78.1 Å². The first kappa shape index (κ1) is 16.3. The number of furan rings is 1. The zero-order valence-electron chi connectivity index (χ0n) is 14.1. The van der Waals surface area contributed by atoms with Crippen molar-refractivity contribution < 1.29 is 9.21 Å². The van der Waals surface area contributed by atoms with Crippen LogP contribution < -0.4 is 10.6 Å². The lowest BCUT2D eigenvalue weighted by molar-refractivity contribution is 0.0952. The minimum Gasteiger partial charge on any atom is -0.451 e. The number of aryl methyl sites for hydroxylation is 1. The standard InChI is InChI=1S/C21H16N2O2S/c1-13-15-9-4-5-12-18(15)25-19(13)20(24)23-21(26)22-17-11-6-8-14-7-2-3-10-16(14)17/h2-12H,1H3,(H2,22,23,24,26). The van der Waals surface area contributed by atoms with E-state index < -0.39 is 0 Å². The van der Waals surface area contributed by atoms with Crippen LogP contribution in [0, 0.1) is 6.92 Å². The van der Waals surface area contributed by atoms with Crippen molar-refractivity contribution in [1.29, 1.82) is 0 Å². The van der Waals surface area contributed by atoms with Gasteiger partial charge >= 0.3 is 0 Å². The van der Waals surface area contributed by atoms with E-state index in [-0.39, 0.29) is 16.8 Å². The van der Waals surface area contributed by atoms with Crippen LogP contribution in [0.25, 0.3) is 21.7 Å². The molecule has 3 aromatic carbocycles. The fourth-order valence-electron chi connectivity index (χ4n) is 3.04. The normalized spacial score (nSPS) is 10.8. The number of carbonyl (C=O) groups is 1. The minimum absolute atomic E-state index is 0.228. The van der Waals surface area contributed by atoms with E-state index in [9.17, 15) is 4.79 Å². The summed E-state index contributed by atoms with van der Waals surface area (Å²) in [5.74, 6) is -0.0929. The van der Waals surface area contributed by atoms with E-state index in [0.717, 1.165) is 27.4 Å². The molecule has 0 saturated heterocycles. The average Bonchev–Trinajstić information content (AvgIpc) is 2.99. The summed E-state index contributed by atoms with van der Waals surface area (Å²) in [6, 6.07) is 21.4. The lowest BCUT2D eigenvalue weighted by Crippen LogP contribution is -2.34. The van der Waals surface area contributed by atoms with Gasteiger partial charge in [-0.1, -0.05) is 54.6 Å². The Morgan fingerprint density at radius 1 is 0.923 bits per heavy atom. The van der Waals surface area contributed by atoms with Gasteiger partial charge in [-0.2, -0.15) is 0 Å². The maximum Gasteiger partial charge on any atom is 0.293 e. The Bertz CT molecular complexity index is 1140. The van der Waals surface area contributed by atoms with Gasteiger partial charge in [-0.25, -0.2) is 0 Å². The second-order valence-corrected chi connectivity index (χ2v) is 6.40. The van der Waals surface area contributed by atoms with Gasteiger partial charge in [-0.3, -0.25) is 10.1 Å². The number of amides is 1. The molecule has 128 valence electrons. The van der Waals surface area contributed by atoms with Crippen molar-refractivity contribution in [3.63, 3.8) is 0 Å². The highest BCUT2D eigenvalue weighted by molar-refractivity contribution is 7.80. The number of hydrogen-bond acceptors (Lipinski definition) is 3. The largest absolute Gasteiger partial charge is 0.451 e. The number of fused-ring (bicyclic) bond motifs is 2. The summed E-state index contributed by atoms with van der Waals surface area (Å²) < 4.78 is 5.68. The third kappa shape index (κ3) is 2.93. The third-order valence-electron chi connectivity index (χ3n) is 4.31. The fourth-order valence-corrected chi connectivity index (χ4v) is 3.24. The maximum atomic E-state index is 12.6. The Labute approximate surface area is 155 Å². The molecule has 0 unspecified atom stereocenters. The molecule has 0 aliphatic carbocycles. The summed E-state index contributed by atoms with van der Waals surface area (Å²) in [6.07, 6.45) is 0. The Balaban J connectivity index is 1.55. The Morgan fingerprint density at radius 2 is 1.62 bits per heavy atom. The number of thiocarbonyl (C=S) groups is 1. The summed E-state index contributed by atoms with van der Waals surface area (Å²) in [7, 11) is 0. The van der Waals surface area contributed by atoms with E-state index in [2.05, 4.69) is 10.6 Å². The second kappa shape index (κ2) is 6.61. The molecule has 0 bridgehead atoms. The molecule has 0 radical (unpaired) electrons. The SMILES string of the molecule is Cc1c(C(=O)NC(=S)Nc2cccc3ccccc23)oc2ccccc12. The molecule has 1 aromatic heterocycles. The summed E-state index contributed by atoms with van der Waals surface area (Å²) in [6.45, 7) is 1.86. The molecule has 0 atom stereocenters. The Morgan fingerprint density at radius 3 is 2.42 bits per heavy atom. The van der Waals surface area contributed by atoms with Crippen LogP contribution in [0.2, 0.25) is 0 Å². The van der Waals surface area contributed by atoms with Crippen LogP contribution >= 0.6 is 12.2 Å². The molecule has 2 N–H and O–H groups in total. The Kier molecular flexibility index (Phi) is 4.14. The number of para-hydroxylation sites is 1. The highest BCUT2D eigenvalue weighted by Gasteiger charge is 2.18. The zero-order chi connectivity index (χ0) is 18.1. The van der Waals surface area contributed by atoms with E-state index in [1.807, 2.05) is 73.7 Å². The van der Waals surface area contributed by atoms with E-state index in [0.29, 0.717) is 5.58 Å². The number of carbonyl (C=O) groups excluding carboxylic acids is 1. The predicted octanol–water partition coefficient (Wildman–Crippen LogP) is 5.02. The summed E-state index contributed by atoms with van der Waals surface area (Å²) in [5, 5.41) is 9.08. The third-order valence-corrected chi connectivity index (χ3v) is 4.52. The van der Waals surface area contributed by atoms with Crippen LogP contribution in [-0.2, 0) is 0 Å². The fraction of sp³-hybridized carbons (Fsp3) is 0.0476. The van der Waals surface area contributed by atoms with Gasteiger partial charge in [0, 0.05) is 22.0 Å². The van der Waals surface area contributed by atoms with E-state index in [1.54, 1.807) is 0 Å². The molecule has 1 amide bonds. The van der Waals surface area contributed by atoms with Gasteiger partial charge < -0.3 is 9.73 Å². The van der Waals surface area contributed by atoms with Gasteiger partial charge in [-0.05, 0) is 36.7 Å². The molecule has 5 heteroatoms. The maximum absolute atomic E-state index is 12.6. The summed E-state index contributed by atoms with van der Waals surface area (Å²) >= 11 is 5.31. The van der Waals surface area contributed by atoms with Crippen molar-refractivity contribution in [2.24, 2.45) is 0 Å². The molecule has 0 aliphatic heterocycles. The second-order valence-electron chi connectivity index (χ2n) is 5.99. The van der Waals surface area contributed by atoms with E-state index in [1.165, 1.54) is 0 Å². The monoisotopic (exact) mass is 360 g/mol. The van der Waals surface area contributed by atoms with Crippen molar-refractivity contribution in [3.8, 4) is 0 Å². The van der Waals surface area contributed by atoms with Gasteiger partial charge in [0.25, 0.3) is 5.91 Å². The molecule has 4 rings (SSSR count). The van der Waals surface area contributed by atoms with Crippen LogP contribution in [0.3, 0.4) is 0 Å². The summed E-state index contributed by atoms with van der Waals surface area (Å²) in [5.41, 5.74) is 2.32. The van der Waals surface area contributed by atoms with E-state index >= 15 is 0 Å². The molecule has 4 nitrogen and oxygen atoms in total. The van der Waals surface area contributed by atoms with Gasteiger partial charge in [0.05, 0.1) is 0 Å². The molecule has 1 heterocycles. The topological polar surface area (TPSA) is 54.3 Å². The number of benzene rings is 3. The summed E-state index contributed by atoms with van der Waals surface area (Å²) in [4.78, 5) is 12.6. The zero-order valence-corrected chi connectivity index (χ0v) is 14.9. The Hall–Kier alpha value is -3.18. The quantitative estimate of drug-likeness (QED) is 0.493. The molecule has 0 saturated carbocycles. The molecular weight excluding hydrogens is 344 g/mol. The van der Waals surface area contributed by atoms with Gasteiger partial charge in [0.2, 0.25) is 0 Å². The molecule has 0 spiro atoms. The predicted molar refractivity (Wildman–Crippen MR) is 109 cm³/mol. The number of anilines is 1. The van der Waals surface area contributed by atoms with Crippen molar-refractivity contribution in [1.82, 2.24) is 5.32 Å². The molecule has 0 aliphatic rings. The highest BCUT2D eigenvalue weighted by atomic mass is 32.1. The average molecular weight is 360 g/mol. The van der Waals surface area contributed by atoms with Crippen LogP contribution in [0.5, 0.6) is 0 Å². The highest BCUT2D eigenvalue weighted by Crippen LogP contribution is 2.25. The smallest absolute Gasteiger partial charge is 0.293 e. The van der Waals surface area contributed by atoms with Crippen LogP contribution in [0.15, 0.2) is 71.1 Å². The number of nitrogens with one attached hydrogen (secondary N) is 2. The molecule has 4 aromatic rings.